The van der Waals surface area contributed by atoms with Gasteiger partial charge in [0.15, 0.2) is 0 Å². The third-order valence-electron chi connectivity index (χ3n) is 7.24. The fraction of sp³-hybridized carbons (Fsp3) is 0.609. The maximum absolute atomic E-state index is 13.5. The number of pyridine rings is 2. The third-order valence-corrected chi connectivity index (χ3v) is 7.24. The number of fused-ring (bicyclic) bond motifs is 1. The Balaban J connectivity index is 1.43. The summed E-state index contributed by atoms with van der Waals surface area (Å²) in [6.07, 6.45) is 3.30. The van der Waals surface area contributed by atoms with E-state index in [0.29, 0.717) is 37.3 Å². The maximum atomic E-state index is 13.5. The summed E-state index contributed by atoms with van der Waals surface area (Å²) in [6, 6.07) is 2.78. The highest BCUT2D eigenvalue weighted by molar-refractivity contribution is 6.01. The molecule has 3 heterocycles. The minimum absolute atomic E-state index is 0.0469. The van der Waals surface area contributed by atoms with Crippen LogP contribution in [0.3, 0.4) is 0 Å². The van der Waals surface area contributed by atoms with Gasteiger partial charge in [-0.25, -0.2) is 13.8 Å². The monoisotopic (exact) mass is 462 g/mol. The fourth-order valence-corrected chi connectivity index (χ4v) is 5.06. The zero-order chi connectivity index (χ0) is 23.2. The number of nitrogens with zero attached hydrogens (tertiary/aromatic N) is 3. The molecule has 8 nitrogen and oxygen atoms in total. The number of rotatable bonds is 5. The van der Waals surface area contributed by atoms with Gasteiger partial charge >= 0.3 is 0 Å². The van der Waals surface area contributed by atoms with Gasteiger partial charge in [0.05, 0.1) is 18.6 Å². The van der Waals surface area contributed by atoms with E-state index in [1.807, 2.05) is 0 Å². The average molecular weight is 462 g/mol. The molecule has 178 valence electrons. The second kappa shape index (κ2) is 8.32. The molecular weight excluding hydrogens is 434 g/mol. The van der Waals surface area contributed by atoms with Crippen LogP contribution in [-0.4, -0.2) is 69.3 Å². The zero-order valence-electron chi connectivity index (χ0n) is 18.4. The summed E-state index contributed by atoms with van der Waals surface area (Å²) in [6.45, 7) is 3.00. The first kappa shape index (κ1) is 22.2. The number of aromatic hydroxyl groups is 1. The van der Waals surface area contributed by atoms with Crippen molar-refractivity contribution in [1.29, 1.82) is 0 Å². The Morgan fingerprint density at radius 1 is 1.24 bits per heavy atom. The highest BCUT2D eigenvalue weighted by Crippen LogP contribution is 2.43. The first-order chi connectivity index (χ1) is 15.8. The number of carbonyl (C=O) groups excluding carboxylic acids is 1. The molecule has 2 aromatic heterocycles. The van der Waals surface area contributed by atoms with Gasteiger partial charge in [0.1, 0.15) is 17.0 Å². The smallest absolute Gasteiger partial charge is 0.268 e. The molecule has 1 saturated heterocycles. The molecule has 3 fully saturated rings. The third kappa shape index (κ3) is 4.21. The SMILES string of the molecule is O=C(NC1CCC(F)(F)CC1)c1c(O)c2cccnc2n(CCN2CCOCC23CC3)c1=O. The zero-order valence-corrected chi connectivity index (χ0v) is 18.4. The van der Waals surface area contributed by atoms with Crippen LogP contribution in [0.15, 0.2) is 23.1 Å². The number of nitrogens with one attached hydrogen (secondary N) is 1. The van der Waals surface area contributed by atoms with Gasteiger partial charge in [-0.3, -0.25) is 19.1 Å². The average Bonchev–Trinajstić information content (AvgIpc) is 3.56. The van der Waals surface area contributed by atoms with Crippen LogP contribution < -0.4 is 10.9 Å². The van der Waals surface area contributed by atoms with Gasteiger partial charge in [-0.15, -0.1) is 0 Å². The van der Waals surface area contributed by atoms with Crippen LogP contribution in [0.4, 0.5) is 8.78 Å². The Morgan fingerprint density at radius 2 is 2.00 bits per heavy atom. The number of amides is 1. The Labute approximate surface area is 189 Å². The van der Waals surface area contributed by atoms with E-state index in [1.165, 1.54) is 10.8 Å². The Bertz CT molecular complexity index is 1120. The van der Waals surface area contributed by atoms with Crippen LogP contribution >= 0.6 is 0 Å². The second-order valence-electron chi connectivity index (χ2n) is 9.42. The quantitative estimate of drug-likeness (QED) is 0.708. The van der Waals surface area contributed by atoms with Crippen LogP contribution in [0.5, 0.6) is 5.75 Å². The highest BCUT2D eigenvalue weighted by Gasteiger charge is 2.49. The molecular formula is C23H28F2N4O4. The van der Waals surface area contributed by atoms with Gasteiger partial charge in [-0.05, 0) is 37.8 Å². The number of hydrogen-bond acceptors (Lipinski definition) is 6. The van der Waals surface area contributed by atoms with Gasteiger partial charge in [-0.2, -0.15) is 0 Å². The summed E-state index contributed by atoms with van der Waals surface area (Å²) < 4.78 is 34.0. The van der Waals surface area contributed by atoms with E-state index < -0.39 is 29.2 Å². The fourth-order valence-electron chi connectivity index (χ4n) is 5.06. The van der Waals surface area contributed by atoms with Gasteiger partial charge in [0, 0.05) is 50.3 Å². The Morgan fingerprint density at radius 3 is 2.73 bits per heavy atom. The predicted octanol–water partition coefficient (Wildman–Crippen LogP) is 2.27. The van der Waals surface area contributed by atoms with Crippen molar-refractivity contribution in [1.82, 2.24) is 19.8 Å². The molecule has 1 amide bonds. The van der Waals surface area contributed by atoms with Crippen LogP contribution in [0.2, 0.25) is 0 Å². The molecule has 0 bridgehead atoms. The minimum Gasteiger partial charge on any atom is -0.506 e. The van der Waals surface area contributed by atoms with Gasteiger partial charge in [-0.1, -0.05) is 0 Å². The molecule has 10 heteroatoms. The summed E-state index contributed by atoms with van der Waals surface area (Å²) in [5.41, 5.74) is -0.635. The summed E-state index contributed by atoms with van der Waals surface area (Å²) in [4.78, 5) is 33.0. The molecule has 2 saturated carbocycles. The van der Waals surface area contributed by atoms with E-state index in [-0.39, 0.29) is 36.8 Å². The largest absolute Gasteiger partial charge is 0.506 e. The minimum atomic E-state index is -2.72. The number of carbonyl (C=O) groups is 1. The molecule has 0 aromatic carbocycles. The molecule has 0 atom stereocenters. The number of morpholine rings is 1. The molecule has 2 aliphatic carbocycles. The lowest BCUT2D eigenvalue weighted by molar-refractivity contribution is -0.0399. The van der Waals surface area contributed by atoms with Crippen LogP contribution in [0.1, 0.15) is 48.9 Å². The lowest BCUT2D eigenvalue weighted by atomic mass is 9.92. The van der Waals surface area contributed by atoms with Crippen LogP contribution in [-0.2, 0) is 11.3 Å². The van der Waals surface area contributed by atoms with Crippen molar-refractivity contribution in [2.24, 2.45) is 0 Å². The van der Waals surface area contributed by atoms with E-state index in [0.717, 1.165) is 19.4 Å². The van der Waals surface area contributed by atoms with Gasteiger partial charge in [0.25, 0.3) is 11.5 Å². The molecule has 1 spiro atoms. The summed E-state index contributed by atoms with van der Waals surface area (Å²) >= 11 is 0. The van der Waals surface area contributed by atoms with Gasteiger partial charge < -0.3 is 15.2 Å². The highest BCUT2D eigenvalue weighted by atomic mass is 19.3. The molecule has 2 aromatic rings. The van der Waals surface area contributed by atoms with E-state index in [9.17, 15) is 23.5 Å². The first-order valence-electron chi connectivity index (χ1n) is 11.5. The van der Waals surface area contributed by atoms with Crippen LogP contribution in [0.25, 0.3) is 11.0 Å². The second-order valence-corrected chi connectivity index (χ2v) is 9.42. The number of alkyl halides is 2. The number of aromatic nitrogens is 2. The van der Waals surface area contributed by atoms with Crippen molar-refractivity contribution < 1.29 is 23.4 Å². The Hall–Kier alpha value is -2.59. The van der Waals surface area contributed by atoms with Crippen molar-refractivity contribution >= 4 is 16.9 Å². The molecule has 5 rings (SSSR count). The molecule has 3 aliphatic rings. The van der Waals surface area contributed by atoms with Crippen molar-refractivity contribution in [2.75, 3.05) is 26.3 Å². The number of hydrogen-bond donors (Lipinski definition) is 2. The lowest BCUT2D eigenvalue weighted by Crippen LogP contribution is -2.49. The van der Waals surface area contributed by atoms with Crippen molar-refractivity contribution in [3.05, 3.63) is 34.2 Å². The van der Waals surface area contributed by atoms with E-state index in [2.05, 4.69) is 15.2 Å². The molecule has 0 radical (unpaired) electrons. The number of halogens is 2. The maximum Gasteiger partial charge on any atom is 0.268 e. The Kier molecular flexibility index (Phi) is 5.60. The van der Waals surface area contributed by atoms with Crippen molar-refractivity contribution in [2.45, 2.75) is 62.6 Å². The van der Waals surface area contributed by atoms with Crippen molar-refractivity contribution in [3.8, 4) is 5.75 Å². The summed E-state index contributed by atoms with van der Waals surface area (Å²) in [5.74, 6) is -3.89. The van der Waals surface area contributed by atoms with E-state index >= 15 is 0 Å². The molecule has 1 aliphatic heterocycles. The number of ether oxygens (including phenoxy) is 1. The summed E-state index contributed by atoms with van der Waals surface area (Å²) in [7, 11) is 0. The van der Waals surface area contributed by atoms with Crippen molar-refractivity contribution in [3.63, 3.8) is 0 Å². The molecule has 33 heavy (non-hydrogen) atoms. The standard InChI is InChI=1S/C23H28F2N4O4/c24-23(25)5-3-15(4-6-23)27-20(31)17-18(30)16-2-1-9-26-19(16)29(21(17)32)11-10-28-12-13-33-14-22(28)7-8-22/h1-2,9,15,30H,3-8,10-14H2,(H,27,31). The normalized spacial score (nSPS) is 22.5. The predicted molar refractivity (Wildman–Crippen MR) is 117 cm³/mol. The first-order valence-corrected chi connectivity index (χ1v) is 11.5. The summed E-state index contributed by atoms with van der Waals surface area (Å²) in [5, 5.41) is 13.8. The lowest BCUT2D eigenvalue weighted by Gasteiger charge is -2.36. The van der Waals surface area contributed by atoms with Crippen LogP contribution in [0, 0.1) is 0 Å². The van der Waals surface area contributed by atoms with E-state index in [4.69, 9.17) is 4.74 Å². The van der Waals surface area contributed by atoms with Gasteiger partial charge in [0.2, 0.25) is 5.92 Å². The molecule has 0 unspecified atom stereocenters. The van der Waals surface area contributed by atoms with E-state index in [1.54, 1.807) is 12.1 Å². The topological polar surface area (TPSA) is 96.7 Å². The molecule has 2 N–H and O–H groups in total.